The number of hydrogen-bond acceptors (Lipinski definition) is 5. The number of carboxylic acids is 1. The van der Waals surface area contributed by atoms with E-state index in [2.05, 4.69) is 26.2 Å². The van der Waals surface area contributed by atoms with Crippen molar-refractivity contribution in [3.05, 3.63) is 16.7 Å². The molecule has 0 saturated heterocycles. The topological polar surface area (TPSA) is 112 Å². The molecule has 1 heterocycles. The fraction of sp³-hybridized carbons (Fsp3) is 0.300. The van der Waals surface area contributed by atoms with E-state index in [4.69, 9.17) is 16.1 Å². The van der Waals surface area contributed by atoms with Crippen LogP contribution in [0.3, 0.4) is 0 Å². The molecule has 0 aliphatic carbocycles. The number of anilines is 2. The smallest absolute Gasteiger partial charge is 0.325 e. The molecule has 0 aliphatic rings. The number of nitriles is 1. The maximum atomic E-state index is 10.9. The van der Waals surface area contributed by atoms with Crippen LogP contribution in [0.2, 0.25) is 0 Å². The van der Waals surface area contributed by atoms with Crippen molar-refractivity contribution < 1.29 is 9.90 Å². The van der Waals surface area contributed by atoms with Crippen LogP contribution in [0.25, 0.3) is 0 Å². The number of nitrogens with two attached hydrogens (primary N) is 1. The van der Waals surface area contributed by atoms with Crippen LogP contribution in [-0.2, 0) is 4.79 Å². The third-order valence-corrected chi connectivity index (χ3v) is 2.67. The summed E-state index contributed by atoms with van der Waals surface area (Å²) >= 11 is 3.22. The molecular formula is C10H11BrN4O2. The van der Waals surface area contributed by atoms with Gasteiger partial charge in [0.2, 0.25) is 0 Å². The lowest BCUT2D eigenvalue weighted by Crippen LogP contribution is -2.33. The zero-order valence-corrected chi connectivity index (χ0v) is 10.7. The van der Waals surface area contributed by atoms with Gasteiger partial charge in [-0.15, -0.1) is 0 Å². The van der Waals surface area contributed by atoms with Gasteiger partial charge in [0.1, 0.15) is 5.82 Å². The summed E-state index contributed by atoms with van der Waals surface area (Å²) in [5.41, 5.74) is 4.59. The summed E-state index contributed by atoms with van der Waals surface area (Å²) in [6, 6.07) is 3.42. The van der Waals surface area contributed by atoms with Gasteiger partial charge in [-0.1, -0.05) is 0 Å². The molecule has 0 amide bonds. The maximum absolute atomic E-state index is 10.9. The van der Waals surface area contributed by atoms with Crippen molar-refractivity contribution >= 4 is 33.4 Å². The highest BCUT2D eigenvalue weighted by Crippen LogP contribution is 2.23. The molecule has 1 rings (SSSR count). The highest BCUT2D eigenvalue weighted by molar-refractivity contribution is 9.10. The van der Waals surface area contributed by atoms with Gasteiger partial charge in [-0.25, -0.2) is 4.98 Å². The number of rotatable bonds is 4. The molecule has 0 spiro atoms. The van der Waals surface area contributed by atoms with Gasteiger partial charge in [0, 0.05) is 17.2 Å². The van der Waals surface area contributed by atoms with Crippen LogP contribution in [0.15, 0.2) is 16.7 Å². The molecule has 1 atom stereocenters. The summed E-state index contributed by atoms with van der Waals surface area (Å²) in [7, 11) is 0. The van der Waals surface area contributed by atoms with E-state index in [1.165, 1.54) is 13.1 Å². The lowest BCUT2D eigenvalue weighted by atomic mass is 9.93. The Labute approximate surface area is 107 Å². The van der Waals surface area contributed by atoms with E-state index in [1.807, 2.05) is 0 Å². The Morgan fingerprint density at radius 2 is 2.47 bits per heavy atom. The van der Waals surface area contributed by atoms with Crippen molar-refractivity contribution in [1.29, 1.82) is 5.26 Å². The fourth-order valence-electron chi connectivity index (χ4n) is 1.03. The second-order valence-corrected chi connectivity index (χ2v) is 4.60. The summed E-state index contributed by atoms with van der Waals surface area (Å²) < 4.78 is 0.711. The molecule has 0 radical (unpaired) electrons. The number of aromatic nitrogens is 1. The molecule has 0 saturated carbocycles. The molecule has 17 heavy (non-hydrogen) atoms. The summed E-state index contributed by atoms with van der Waals surface area (Å²) in [5, 5.41) is 20.6. The Balaban J connectivity index is 2.84. The molecule has 0 fully saturated rings. The van der Waals surface area contributed by atoms with Crippen LogP contribution in [0, 0.1) is 16.7 Å². The predicted molar refractivity (Wildman–Crippen MR) is 66.2 cm³/mol. The Morgan fingerprint density at radius 1 is 1.82 bits per heavy atom. The normalized spacial score (nSPS) is 13.5. The van der Waals surface area contributed by atoms with Crippen molar-refractivity contribution in [2.24, 2.45) is 5.41 Å². The van der Waals surface area contributed by atoms with Crippen molar-refractivity contribution in [3.8, 4) is 6.07 Å². The molecular weight excluding hydrogens is 288 g/mol. The highest BCUT2D eigenvalue weighted by atomic mass is 79.9. The number of carbonyl (C=O) groups is 1. The highest BCUT2D eigenvalue weighted by Gasteiger charge is 2.33. The average molecular weight is 299 g/mol. The first-order valence-corrected chi connectivity index (χ1v) is 5.48. The number of carboxylic acid groups (broad SMARTS) is 1. The van der Waals surface area contributed by atoms with E-state index in [9.17, 15) is 4.79 Å². The van der Waals surface area contributed by atoms with Gasteiger partial charge in [0.25, 0.3) is 0 Å². The number of hydrogen-bond donors (Lipinski definition) is 3. The number of halogens is 1. The van der Waals surface area contributed by atoms with E-state index in [0.29, 0.717) is 10.2 Å². The van der Waals surface area contributed by atoms with E-state index < -0.39 is 11.4 Å². The van der Waals surface area contributed by atoms with Crippen LogP contribution in [0.5, 0.6) is 0 Å². The molecule has 0 bridgehead atoms. The van der Waals surface area contributed by atoms with E-state index in [1.54, 1.807) is 12.1 Å². The standard InChI is InChI=1S/C10H11BrN4O2/c1-10(4-12,9(16)17)5-15-7-2-6(11)3-14-8(7)13/h2-3,15H,5H2,1H3,(H2,13,14)(H,16,17). The number of aliphatic carboxylic acids is 1. The average Bonchev–Trinajstić information content (AvgIpc) is 2.29. The lowest BCUT2D eigenvalue weighted by Gasteiger charge is -2.18. The van der Waals surface area contributed by atoms with Crippen molar-refractivity contribution in [1.82, 2.24) is 4.98 Å². The van der Waals surface area contributed by atoms with Crippen LogP contribution in [-0.4, -0.2) is 22.6 Å². The van der Waals surface area contributed by atoms with Crippen molar-refractivity contribution in [2.75, 3.05) is 17.6 Å². The van der Waals surface area contributed by atoms with Crippen LogP contribution >= 0.6 is 15.9 Å². The number of nitrogens with one attached hydrogen (secondary N) is 1. The van der Waals surface area contributed by atoms with Gasteiger partial charge in [-0.05, 0) is 28.9 Å². The first kappa shape index (κ1) is 13.3. The lowest BCUT2D eigenvalue weighted by molar-refractivity contribution is -0.144. The summed E-state index contributed by atoms with van der Waals surface area (Å²) in [6.07, 6.45) is 1.53. The number of pyridine rings is 1. The van der Waals surface area contributed by atoms with Crippen LogP contribution < -0.4 is 11.1 Å². The fourth-order valence-corrected chi connectivity index (χ4v) is 1.36. The molecule has 7 heteroatoms. The van der Waals surface area contributed by atoms with Gasteiger partial charge >= 0.3 is 5.97 Å². The summed E-state index contributed by atoms with van der Waals surface area (Å²) in [4.78, 5) is 14.8. The number of nitrogen functional groups attached to an aromatic ring is 1. The Bertz CT molecular complexity index is 486. The third kappa shape index (κ3) is 3.07. The quantitative estimate of drug-likeness (QED) is 0.775. The molecule has 0 aromatic carbocycles. The van der Waals surface area contributed by atoms with Gasteiger partial charge in [0.05, 0.1) is 11.8 Å². The van der Waals surface area contributed by atoms with Crippen molar-refractivity contribution in [2.45, 2.75) is 6.92 Å². The molecule has 4 N–H and O–H groups in total. The monoisotopic (exact) mass is 298 g/mol. The third-order valence-electron chi connectivity index (χ3n) is 2.24. The molecule has 0 aliphatic heterocycles. The van der Waals surface area contributed by atoms with E-state index >= 15 is 0 Å². The predicted octanol–water partition coefficient (Wildman–Crippen LogP) is 1.45. The van der Waals surface area contributed by atoms with Crippen molar-refractivity contribution in [3.63, 3.8) is 0 Å². The van der Waals surface area contributed by atoms with E-state index in [0.717, 1.165) is 0 Å². The van der Waals surface area contributed by atoms with Crippen LogP contribution in [0.1, 0.15) is 6.92 Å². The molecule has 1 aromatic heterocycles. The second kappa shape index (κ2) is 5.01. The minimum atomic E-state index is -1.51. The first-order valence-electron chi connectivity index (χ1n) is 4.68. The van der Waals surface area contributed by atoms with E-state index in [-0.39, 0.29) is 12.4 Å². The zero-order chi connectivity index (χ0) is 13.1. The second-order valence-electron chi connectivity index (χ2n) is 3.69. The largest absolute Gasteiger partial charge is 0.480 e. The minimum Gasteiger partial charge on any atom is -0.480 e. The molecule has 1 unspecified atom stereocenters. The minimum absolute atomic E-state index is 0.0544. The Morgan fingerprint density at radius 3 is 3.00 bits per heavy atom. The van der Waals surface area contributed by atoms with Crippen LogP contribution in [0.4, 0.5) is 11.5 Å². The van der Waals surface area contributed by atoms with Gasteiger partial charge < -0.3 is 16.2 Å². The summed E-state index contributed by atoms with van der Waals surface area (Å²) in [5.74, 6) is -0.937. The van der Waals surface area contributed by atoms with Gasteiger partial charge in [0.15, 0.2) is 5.41 Å². The number of nitrogens with zero attached hydrogens (tertiary/aromatic N) is 2. The molecule has 1 aromatic rings. The molecule has 6 nitrogen and oxygen atoms in total. The zero-order valence-electron chi connectivity index (χ0n) is 9.07. The first-order chi connectivity index (χ1) is 7.89. The Hall–Kier alpha value is -1.81. The van der Waals surface area contributed by atoms with Gasteiger partial charge in [-0.2, -0.15) is 5.26 Å². The molecule has 90 valence electrons. The summed E-state index contributed by atoms with van der Waals surface area (Å²) in [6.45, 7) is 1.28. The maximum Gasteiger partial charge on any atom is 0.325 e. The SMILES string of the molecule is CC(C#N)(CNc1cc(Br)cnc1N)C(=O)O. The Kier molecular flexibility index (Phi) is 3.91. The van der Waals surface area contributed by atoms with Gasteiger partial charge in [-0.3, -0.25) is 4.79 Å².